The molecule has 3 aromatic carbocycles. The van der Waals surface area contributed by atoms with Gasteiger partial charge in [0.15, 0.2) is 0 Å². The highest BCUT2D eigenvalue weighted by molar-refractivity contribution is 5.95. The van der Waals surface area contributed by atoms with Crippen molar-refractivity contribution in [1.29, 1.82) is 10.5 Å². The van der Waals surface area contributed by atoms with Gasteiger partial charge in [-0.05, 0) is 108 Å². The topological polar surface area (TPSA) is 169 Å². The first-order valence-corrected chi connectivity index (χ1v) is 12.8. The molecule has 9 heteroatoms. The number of hydrogen-bond acceptors (Lipinski definition) is 6. The molecule has 0 saturated heterocycles. The molecule has 0 aliphatic rings. The maximum atomic E-state index is 11.7. The van der Waals surface area contributed by atoms with E-state index < -0.39 is 5.97 Å². The molecule has 0 aromatic heterocycles. The molecule has 41 heavy (non-hydrogen) atoms. The highest BCUT2D eigenvalue weighted by Gasteiger charge is 2.15. The second-order valence-electron chi connectivity index (χ2n) is 11.0. The van der Waals surface area contributed by atoms with E-state index in [1.165, 1.54) is 24.3 Å². The molecule has 0 aliphatic carbocycles. The van der Waals surface area contributed by atoms with Crippen LogP contribution in [0.5, 0.6) is 0 Å². The third-order valence-corrected chi connectivity index (χ3v) is 4.97. The van der Waals surface area contributed by atoms with E-state index in [9.17, 15) is 14.4 Å². The van der Waals surface area contributed by atoms with Crippen LogP contribution >= 0.6 is 0 Å². The zero-order valence-corrected chi connectivity index (χ0v) is 24.3. The Hall–Kier alpha value is -4.99. The number of carboxylic acid groups (broad SMARTS) is 1. The third kappa shape index (κ3) is 13.6. The van der Waals surface area contributed by atoms with Crippen LogP contribution in [-0.2, 0) is 6.54 Å². The molecule has 2 amide bonds. The summed E-state index contributed by atoms with van der Waals surface area (Å²) in [5, 5.41) is 31.2. The van der Waals surface area contributed by atoms with Gasteiger partial charge in [-0.2, -0.15) is 10.5 Å². The van der Waals surface area contributed by atoms with Gasteiger partial charge in [-0.15, -0.1) is 0 Å². The summed E-state index contributed by atoms with van der Waals surface area (Å²) in [6.07, 6.45) is 0. The third-order valence-electron chi connectivity index (χ3n) is 4.97. The number of benzene rings is 3. The lowest BCUT2D eigenvalue weighted by atomic mass is 10.1. The minimum atomic E-state index is -0.977. The second-order valence-corrected chi connectivity index (χ2v) is 11.0. The molecule has 5 N–H and O–H groups in total. The molecule has 0 spiro atoms. The smallest absolute Gasteiger partial charge is 0.335 e. The van der Waals surface area contributed by atoms with Gasteiger partial charge in [0.2, 0.25) is 0 Å². The molecular weight excluding hydrogens is 518 g/mol. The molecule has 9 nitrogen and oxygen atoms in total. The molecule has 3 rings (SSSR count). The van der Waals surface area contributed by atoms with E-state index in [4.69, 9.17) is 21.4 Å². The largest absolute Gasteiger partial charge is 0.478 e. The van der Waals surface area contributed by atoms with Crippen molar-refractivity contribution < 1.29 is 19.5 Å². The molecule has 0 atom stereocenters. The quantitative estimate of drug-likeness (QED) is 0.350. The average Bonchev–Trinajstić information content (AvgIpc) is 2.92. The van der Waals surface area contributed by atoms with Gasteiger partial charge in [0, 0.05) is 28.7 Å². The van der Waals surface area contributed by atoms with E-state index in [0.29, 0.717) is 28.8 Å². The predicted octanol–water partition coefficient (Wildman–Crippen LogP) is 5.02. The second kappa shape index (κ2) is 15.6. The van der Waals surface area contributed by atoms with Crippen LogP contribution in [0.1, 0.15) is 89.3 Å². The van der Waals surface area contributed by atoms with Crippen molar-refractivity contribution in [2.75, 3.05) is 0 Å². The Bertz CT molecular complexity index is 1390. The van der Waals surface area contributed by atoms with E-state index in [2.05, 4.69) is 10.6 Å². The van der Waals surface area contributed by atoms with Crippen LogP contribution in [0.4, 0.5) is 0 Å². The molecular formula is C32H37N5O4. The van der Waals surface area contributed by atoms with Crippen LogP contribution in [0.15, 0.2) is 72.8 Å². The number of carboxylic acids is 1. The van der Waals surface area contributed by atoms with Gasteiger partial charge < -0.3 is 21.5 Å². The molecule has 0 radical (unpaired) electrons. The summed E-state index contributed by atoms with van der Waals surface area (Å²) >= 11 is 0. The number of carbonyl (C=O) groups excluding carboxylic acids is 2. The van der Waals surface area contributed by atoms with Crippen molar-refractivity contribution >= 4 is 17.8 Å². The molecule has 0 heterocycles. The summed E-state index contributed by atoms with van der Waals surface area (Å²) in [4.78, 5) is 33.7. The lowest BCUT2D eigenvalue weighted by Crippen LogP contribution is -2.40. The summed E-state index contributed by atoms with van der Waals surface area (Å²) < 4.78 is 0. The summed E-state index contributed by atoms with van der Waals surface area (Å²) in [6.45, 7) is 12.1. The van der Waals surface area contributed by atoms with Crippen molar-refractivity contribution in [3.63, 3.8) is 0 Å². The molecule has 0 saturated carbocycles. The Labute approximate surface area is 241 Å². The lowest BCUT2D eigenvalue weighted by molar-refractivity contribution is 0.0696. The fourth-order valence-corrected chi connectivity index (χ4v) is 3.00. The van der Waals surface area contributed by atoms with Gasteiger partial charge in [-0.25, -0.2) is 4.79 Å². The number of nitriles is 2. The first kappa shape index (κ1) is 34.0. The number of carbonyl (C=O) groups is 3. The number of aromatic carboxylic acids is 1. The number of rotatable bonds is 4. The molecule has 214 valence electrons. The monoisotopic (exact) mass is 555 g/mol. The Morgan fingerprint density at radius 3 is 1.24 bits per heavy atom. The predicted molar refractivity (Wildman–Crippen MR) is 158 cm³/mol. The lowest BCUT2D eigenvalue weighted by Gasteiger charge is -2.20. The number of amides is 2. The van der Waals surface area contributed by atoms with Crippen LogP contribution in [-0.4, -0.2) is 34.0 Å². The van der Waals surface area contributed by atoms with Gasteiger partial charge in [0.1, 0.15) is 0 Å². The SMILES string of the molecule is CC(C)(C)NC(=O)c1ccc(C#N)cc1.CC(C)(C)NC(=O)c1ccc(CN)cc1.N#Cc1ccc(C(=O)O)cc1. The number of hydrogen-bond donors (Lipinski definition) is 4. The minimum absolute atomic E-state index is 0.0499. The molecule has 0 fully saturated rings. The van der Waals surface area contributed by atoms with E-state index in [1.54, 1.807) is 36.4 Å². The van der Waals surface area contributed by atoms with Gasteiger partial charge in [0.25, 0.3) is 11.8 Å². The van der Waals surface area contributed by atoms with Crippen LogP contribution in [0.3, 0.4) is 0 Å². The van der Waals surface area contributed by atoms with Crippen molar-refractivity contribution in [1.82, 2.24) is 10.6 Å². The van der Waals surface area contributed by atoms with E-state index in [-0.39, 0.29) is 28.5 Å². The highest BCUT2D eigenvalue weighted by Crippen LogP contribution is 2.08. The molecule has 0 aliphatic heterocycles. The van der Waals surface area contributed by atoms with Gasteiger partial charge in [0.05, 0.1) is 28.8 Å². The summed E-state index contributed by atoms with van der Waals surface area (Å²) in [7, 11) is 0. The van der Waals surface area contributed by atoms with Crippen molar-refractivity contribution in [2.45, 2.75) is 59.2 Å². The van der Waals surface area contributed by atoms with Crippen LogP contribution < -0.4 is 16.4 Å². The maximum Gasteiger partial charge on any atom is 0.335 e. The van der Waals surface area contributed by atoms with Crippen molar-refractivity contribution in [2.24, 2.45) is 5.73 Å². The van der Waals surface area contributed by atoms with Crippen LogP contribution in [0.2, 0.25) is 0 Å². The van der Waals surface area contributed by atoms with Gasteiger partial charge in [-0.1, -0.05) is 12.1 Å². The fraction of sp³-hybridized carbons (Fsp3) is 0.281. The molecule has 3 aromatic rings. The van der Waals surface area contributed by atoms with E-state index in [0.717, 1.165) is 5.56 Å². The Kier molecular flexibility index (Phi) is 12.9. The van der Waals surface area contributed by atoms with E-state index in [1.807, 2.05) is 65.8 Å². The Morgan fingerprint density at radius 2 is 0.976 bits per heavy atom. The average molecular weight is 556 g/mol. The first-order valence-electron chi connectivity index (χ1n) is 12.8. The van der Waals surface area contributed by atoms with Crippen LogP contribution in [0.25, 0.3) is 0 Å². The molecule has 0 bridgehead atoms. The number of nitrogens with zero attached hydrogens (tertiary/aromatic N) is 2. The molecule has 0 unspecified atom stereocenters. The summed E-state index contributed by atoms with van der Waals surface area (Å²) in [5.74, 6) is -1.15. The van der Waals surface area contributed by atoms with Gasteiger partial charge >= 0.3 is 5.97 Å². The van der Waals surface area contributed by atoms with Crippen LogP contribution in [0, 0.1) is 22.7 Å². The Morgan fingerprint density at radius 1 is 0.659 bits per heavy atom. The number of nitrogens with one attached hydrogen (secondary N) is 2. The van der Waals surface area contributed by atoms with Crippen molar-refractivity contribution in [3.05, 3.63) is 106 Å². The fourth-order valence-electron chi connectivity index (χ4n) is 3.00. The number of nitrogens with two attached hydrogens (primary N) is 1. The maximum absolute atomic E-state index is 11.7. The standard InChI is InChI=1S/C12H18N2O.C12H14N2O.C8H5NO2/c2*1-12(2,3)14-11(15)10-6-4-9(8-13)5-7-10;9-5-6-1-3-7(4-2-6)8(10)11/h4-7H,8,13H2,1-3H3,(H,14,15);4-7H,1-3H3,(H,14,15);1-4H,(H,10,11). The summed E-state index contributed by atoms with van der Waals surface area (Å²) in [5.41, 5.74) is 8.52. The Balaban J connectivity index is 0.000000312. The van der Waals surface area contributed by atoms with Gasteiger partial charge in [-0.3, -0.25) is 9.59 Å². The highest BCUT2D eigenvalue weighted by atomic mass is 16.4. The zero-order chi connectivity index (χ0) is 31.2. The minimum Gasteiger partial charge on any atom is -0.478 e. The van der Waals surface area contributed by atoms with Crippen molar-refractivity contribution in [3.8, 4) is 12.1 Å². The van der Waals surface area contributed by atoms with E-state index >= 15 is 0 Å². The first-order chi connectivity index (χ1) is 19.1. The normalized spacial score (nSPS) is 10.3. The summed E-state index contributed by atoms with van der Waals surface area (Å²) in [6, 6.07) is 23.6. The zero-order valence-electron chi connectivity index (χ0n) is 24.3.